The lowest BCUT2D eigenvalue weighted by atomic mass is 9.95. The highest BCUT2D eigenvalue weighted by Crippen LogP contribution is 2.32. The van der Waals surface area contributed by atoms with Crippen molar-refractivity contribution in [1.29, 1.82) is 0 Å². The summed E-state index contributed by atoms with van der Waals surface area (Å²) in [6.45, 7) is 5.34. The molecular weight excluding hydrogens is 165 g/mol. The van der Waals surface area contributed by atoms with Crippen LogP contribution < -0.4 is 0 Å². The van der Waals surface area contributed by atoms with E-state index < -0.39 is 12.1 Å². The van der Waals surface area contributed by atoms with Crippen LogP contribution in [0.4, 0.5) is 13.2 Å². The summed E-state index contributed by atoms with van der Waals surface area (Å²) in [6, 6.07) is 0. The third-order valence-electron chi connectivity index (χ3n) is 1.88. The van der Waals surface area contributed by atoms with Crippen LogP contribution in [0.3, 0.4) is 0 Å². The fourth-order valence-electron chi connectivity index (χ4n) is 1.03. The van der Waals surface area contributed by atoms with Gasteiger partial charge in [0.2, 0.25) is 0 Å². The number of rotatable bonds is 4. The van der Waals surface area contributed by atoms with Crippen LogP contribution in [0, 0.1) is 18.3 Å². The molecule has 0 aromatic rings. The van der Waals surface area contributed by atoms with E-state index >= 15 is 0 Å². The average Bonchev–Trinajstić information content (AvgIpc) is 1.85. The first-order chi connectivity index (χ1) is 5.38. The third kappa shape index (κ3) is 4.62. The molecule has 0 nitrogen and oxygen atoms in total. The molecule has 0 aromatic heterocycles. The molecule has 0 aliphatic rings. The van der Waals surface area contributed by atoms with Crippen molar-refractivity contribution < 1.29 is 13.2 Å². The molecule has 0 bridgehead atoms. The quantitative estimate of drug-likeness (QED) is 0.618. The molecule has 0 rings (SSSR count). The van der Waals surface area contributed by atoms with Gasteiger partial charge in [-0.2, -0.15) is 13.2 Å². The van der Waals surface area contributed by atoms with Crippen molar-refractivity contribution in [3.05, 3.63) is 6.42 Å². The Kier molecular flexibility index (Phi) is 4.64. The Hall–Kier alpha value is -0.210. The van der Waals surface area contributed by atoms with E-state index in [1.807, 2.05) is 13.8 Å². The molecule has 1 unspecified atom stereocenters. The molecule has 0 aliphatic carbocycles. The molecule has 0 N–H and O–H groups in total. The first-order valence-corrected chi connectivity index (χ1v) is 4.24. The van der Waals surface area contributed by atoms with Gasteiger partial charge in [0, 0.05) is 0 Å². The van der Waals surface area contributed by atoms with E-state index in [0.29, 0.717) is 12.3 Å². The Bertz CT molecular complexity index is 115. The summed E-state index contributed by atoms with van der Waals surface area (Å²) in [5, 5.41) is 0. The van der Waals surface area contributed by atoms with Gasteiger partial charge < -0.3 is 0 Å². The first-order valence-electron chi connectivity index (χ1n) is 4.24. The summed E-state index contributed by atoms with van der Waals surface area (Å²) >= 11 is 0. The summed E-state index contributed by atoms with van der Waals surface area (Å²) in [5.41, 5.74) is 0. The fourth-order valence-corrected chi connectivity index (χ4v) is 1.03. The number of hydrogen-bond donors (Lipinski definition) is 0. The van der Waals surface area contributed by atoms with E-state index in [4.69, 9.17) is 0 Å². The third-order valence-corrected chi connectivity index (χ3v) is 1.88. The van der Waals surface area contributed by atoms with Crippen molar-refractivity contribution in [1.82, 2.24) is 0 Å². The molecule has 0 aliphatic heterocycles. The zero-order valence-corrected chi connectivity index (χ0v) is 7.78. The van der Waals surface area contributed by atoms with Crippen LogP contribution in [-0.2, 0) is 0 Å². The largest absolute Gasteiger partial charge is 0.392 e. The van der Waals surface area contributed by atoms with Crippen molar-refractivity contribution in [2.24, 2.45) is 11.8 Å². The van der Waals surface area contributed by atoms with Gasteiger partial charge in [-0.05, 0) is 18.8 Å². The standard InChI is InChI=1S/C9H16F3/c1-4-8(9(10,11)12)6-5-7(2)3/h4,7-8H,5-6H2,1-3H3. The lowest BCUT2D eigenvalue weighted by Crippen LogP contribution is -2.22. The Morgan fingerprint density at radius 1 is 1.17 bits per heavy atom. The molecule has 0 fully saturated rings. The van der Waals surface area contributed by atoms with E-state index in [0.717, 1.165) is 0 Å². The van der Waals surface area contributed by atoms with Gasteiger partial charge in [-0.3, -0.25) is 0 Å². The maximum absolute atomic E-state index is 12.1. The Morgan fingerprint density at radius 3 is 1.92 bits per heavy atom. The van der Waals surface area contributed by atoms with Crippen LogP contribution >= 0.6 is 0 Å². The van der Waals surface area contributed by atoms with Gasteiger partial charge in [0.25, 0.3) is 0 Å². The number of halogens is 3. The van der Waals surface area contributed by atoms with E-state index in [-0.39, 0.29) is 6.42 Å². The molecule has 0 amide bonds. The van der Waals surface area contributed by atoms with Crippen LogP contribution in [0.15, 0.2) is 0 Å². The molecule has 0 saturated heterocycles. The minimum Gasteiger partial charge on any atom is -0.171 e. The van der Waals surface area contributed by atoms with Gasteiger partial charge in [-0.25, -0.2) is 0 Å². The van der Waals surface area contributed by atoms with Crippen molar-refractivity contribution in [3.63, 3.8) is 0 Å². The molecule has 0 aromatic carbocycles. The van der Waals surface area contributed by atoms with Crippen molar-refractivity contribution in [2.75, 3.05) is 0 Å². The molecule has 73 valence electrons. The maximum atomic E-state index is 12.1. The second kappa shape index (κ2) is 4.73. The van der Waals surface area contributed by atoms with Crippen LogP contribution in [-0.4, -0.2) is 6.18 Å². The van der Waals surface area contributed by atoms with Crippen LogP contribution in [0.1, 0.15) is 33.6 Å². The molecule has 0 spiro atoms. The van der Waals surface area contributed by atoms with Gasteiger partial charge in [-0.1, -0.05) is 27.2 Å². The van der Waals surface area contributed by atoms with Crippen molar-refractivity contribution in [2.45, 2.75) is 39.8 Å². The van der Waals surface area contributed by atoms with E-state index in [2.05, 4.69) is 0 Å². The van der Waals surface area contributed by atoms with Gasteiger partial charge in [0.05, 0.1) is 5.92 Å². The van der Waals surface area contributed by atoms with Crippen LogP contribution in [0.2, 0.25) is 0 Å². The average molecular weight is 181 g/mol. The Balaban J connectivity index is 3.84. The molecular formula is C9H16F3. The summed E-state index contributed by atoms with van der Waals surface area (Å²) < 4.78 is 36.4. The highest BCUT2D eigenvalue weighted by Gasteiger charge is 2.37. The van der Waals surface area contributed by atoms with E-state index in [1.165, 1.54) is 13.3 Å². The zero-order chi connectivity index (χ0) is 9.78. The Labute approximate surface area is 72.2 Å². The minimum atomic E-state index is -4.05. The molecule has 0 heterocycles. The van der Waals surface area contributed by atoms with E-state index in [1.54, 1.807) is 0 Å². The smallest absolute Gasteiger partial charge is 0.171 e. The second-order valence-electron chi connectivity index (χ2n) is 3.45. The second-order valence-corrected chi connectivity index (χ2v) is 3.45. The molecule has 3 heteroatoms. The lowest BCUT2D eigenvalue weighted by Gasteiger charge is -2.18. The van der Waals surface area contributed by atoms with Crippen molar-refractivity contribution >= 4 is 0 Å². The lowest BCUT2D eigenvalue weighted by molar-refractivity contribution is -0.167. The fraction of sp³-hybridized carbons (Fsp3) is 0.889. The molecule has 1 atom stereocenters. The zero-order valence-electron chi connectivity index (χ0n) is 7.78. The van der Waals surface area contributed by atoms with E-state index in [9.17, 15) is 13.2 Å². The highest BCUT2D eigenvalue weighted by molar-refractivity contribution is 4.78. The molecule has 12 heavy (non-hydrogen) atoms. The Morgan fingerprint density at radius 2 is 1.67 bits per heavy atom. The maximum Gasteiger partial charge on any atom is 0.392 e. The summed E-state index contributed by atoms with van der Waals surface area (Å²) in [4.78, 5) is 0. The SMILES string of the molecule is C[CH]C(CCC(C)C)C(F)(F)F. The molecule has 1 radical (unpaired) electrons. The highest BCUT2D eigenvalue weighted by atomic mass is 19.4. The summed E-state index contributed by atoms with van der Waals surface area (Å²) in [5.74, 6) is -0.880. The predicted molar refractivity (Wildman–Crippen MR) is 43.6 cm³/mol. The first kappa shape index (κ1) is 11.8. The van der Waals surface area contributed by atoms with Gasteiger partial charge in [0.15, 0.2) is 0 Å². The normalized spacial score (nSPS) is 15.2. The molecule has 0 saturated carbocycles. The van der Waals surface area contributed by atoms with Gasteiger partial charge in [0.1, 0.15) is 0 Å². The van der Waals surface area contributed by atoms with Crippen molar-refractivity contribution in [3.8, 4) is 0 Å². The number of alkyl halides is 3. The van der Waals surface area contributed by atoms with Gasteiger partial charge in [-0.15, -0.1) is 0 Å². The van der Waals surface area contributed by atoms with Crippen LogP contribution in [0.25, 0.3) is 0 Å². The number of hydrogen-bond acceptors (Lipinski definition) is 0. The monoisotopic (exact) mass is 181 g/mol. The summed E-state index contributed by atoms with van der Waals surface area (Å²) in [7, 11) is 0. The summed E-state index contributed by atoms with van der Waals surface area (Å²) in [6.07, 6.45) is -1.96. The topological polar surface area (TPSA) is 0 Å². The van der Waals surface area contributed by atoms with Gasteiger partial charge >= 0.3 is 6.18 Å². The minimum absolute atomic E-state index is 0.220. The van der Waals surface area contributed by atoms with Crippen LogP contribution in [0.5, 0.6) is 0 Å². The predicted octanol–water partition coefficient (Wildman–Crippen LogP) is 3.83.